The molecule has 0 saturated carbocycles. The number of hydrogen-bond donors (Lipinski definition) is 1. The van der Waals surface area contributed by atoms with E-state index in [-0.39, 0.29) is 31.3 Å². The molecular weight excluding hydrogens is 457 g/mol. The number of likely N-dealkylation sites (N-methyl/N-ethyl adjacent to an activating group) is 1. The highest BCUT2D eigenvalue weighted by atomic mass is 35.5. The molecule has 8 nitrogen and oxygen atoms in total. The minimum atomic E-state index is -0.593. The Kier molecular flexibility index (Phi) is 7.48. The first kappa shape index (κ1) is 23.7. The molecular formula is C22H23Cl2N3O5. The van der Waals surface area contributed by atoms with Crippen molar-refractivity contribution in [2.24, 2.45) is 5.92 Å². The maximum atomic E-state index is 12.9. The molecule has 0 spiro atoms. The Hall–Kier alpha value is -2.97. The topological polar surface area (TPSA) is 88.2 Å². The van der Waals surface area contributed by atoms with E-state index >= 15 is 0 Å². The lowest BCUT2D eigenvalue weighted by molar-refractivity contribution is -0.137. The Labute approximate surface area is 196 Å². The van der Waals surface area contributed by atoms with Gasteiger partial charge in [-0.3, -0.25) is 14.4 Å². The Bertz CT molecular complexity index is 1050. The number of carbonyl (C=O) groups is 3. The van der Waals surface area contributed by atoms with E-state index in [9.17, 15) is 14.4 Å². The van der Waals surface area contributed by atoms with Gasteiger partial charge in [0, 0.05) is 30.1 Å². The lowest BCUT2D eigenvalue weighted by atomic mass is 10.1. The van der Waals surface area contributed by atoms with Crippen LogP contribution in [0.5, 0.6) is 11.5 Å². The van der Waals surface area contributed by atoms with Crippen molar-refractivity contribution in [3.8, 4) is 11.5 Å². The molecule has 1 N–H and O–H groups in total. The molecule has 32 heavy (non-hydrogen) atoms. The normalized spacial score (nSPS) is 15.5. The fourth-order valence-corrected chi connectivity index (χ4v) is 3.89. The maximum absolute atomic E-state index is 12.9. The van der Waals surface area contributed by atoms with E-state index < -0.39 is 11.8 Å². The van der Waals surface area contributed by atoms with E-state index in [4.69, 9.17) is 32.7 Å². The van der Waals surface area contributed by atoms with Crippen LogP contribution in [-0.2, 0) is 14.4 Å². The van der Waals surface area contributed by atoms with E-state index in [0.29, 0.717) is 32.9 Å². The summed E-state index contributed by atoms with van der Waals surface area (Å²) in [4.78, 5) is 40.8. The number of rotatable bonds is 7. The first-order chi connectivity index (χ1) is 15.2. The van der Waals surface area contributed by atoms with Gasteiger partial charge in [0.2, 0.25) is 17.7 Å². The molecule has 0 bridgehead atoms. The van der Waals surface area contributed by atoms with Gasteiger partial charge in [-0.15, -0.1) is 0 Å². The predicted octanol–water partition coefficient (Wildman–Crippen LogP) is 3.46. The number of nitrogens with zero attached hydrogens (tertiary/aromatic N) is 2. The zero-order valence-electron chi connectivity index (χ0n) is 17.9. The Morgan fingerprint density at radius 3 is 2.38 bits per heavy atom. The Morgan fingerprint density at radius 2 is 1.72 bits per heavy atom. The minimum Gasteiger partial charge on any atom is -0.495 e. The lowest BCUT2D eigenvalue weighted by Gasteiger charge is -2.22. The molecule has 1 fully saturated rings. The average molecular weight is 480 g/mol. The maximum Gasteiger partial charge on any atom is 0.244 e. The smallest absolute Gasteiger partial charge is 0.244 e. The van der Waals surface area contributed by atoms with Crippen LogP contribution in [0, 0.1) is 5.92 Å². The van der Waals surface area contributed by atoms with Crippen molar-refractivity contribution >= 4 is 52.3 Å². The van der Waals surface area contributed by atoms with Crippen molar-refractivity contribution in [2.45, 2.75) is 6.42 Å². The Morgan fingerprint density at radius 1 is 1.09 bits per heavy atom. The highest BCUT2D eigenvalue weighted by Gasteiger charge is 2.38. The summed E-state index contributed by atoms with van der Waals surface area (Å²) in [5.41, 5.74) is 0.912. The monoisotopic (exact) mass is 479 g/mol. The number of halogens is 2. The van der Waals surface area contributed by atoms with Gasteiger partial charge in [0.15, 0.2) is 0 Å². The third-order valence-corrected chi connectivity index (χ3v) is 5.57. The molecule has 2 aromatic rings. The molecule has 1 atom stereocenters. The molecule has 1 aliphatic rings. The van der Waals surface area contributed by atoms with Crippen LogP contribution in [0.15, 0.2) is 36.4 Å². The number of nitrogens with one attached hydrogen (secondary N) is 1. The van der Waals surface area contributed by atoms with Crippen LogP contribution in [-0.4, -0.2) is 57.0 Å². The van der Waals surface area contributed by atoms with Gasteiger partial charge in [0.25, 0.3) is 0 Å². The van der Waals surface area contributed by atoms with Crippen LogP contribution in [0.1, 0.15) is 6.42 Å². The highest BCUT2D eigenvalue weighted by Crippen LogP contribution is 2.35. The molecule has 1 aliphatic heterocycles. The van der Waals surface area contributed by atoms with Gasteiger partial charge < -0.3 is 24.6 Å². The van der Waals surface area contributed by atoms with E-state index in [0.717, 1.165) is 0 Å². The third kappa shape index (κ3) is 5.26. The summed E-state index contributed by atoms with van der Waals surface area (Å²) in [6, 6.07) is 9.79. The summed E-state index contributed by atoms with van der Waals surface area (Å²) in [7, 11) is 4.49. The van der Waals surface area contributed by atoms with Gasteiger partial charge in [-0.05, 0) is 36.4 Å². The standard InChI is InChI=1S/C22H23Cl2N3O5/c1-26(12-20(28)25-16-9-14(23)4-6-18(16)31-2)22(30)13-8-21(29)27(11-13)17-10-15(24)5-7-19(17)32-3/h4-7,9-10,13H,8,11-12H2,1-3H3,(H,25,28). The van der Waals surface area contributed by atoms with Crippen LogP contribution >= 0.6 is 23.2 Å². The second-order valence-corrected chi connectivity index (χ2v) is 8.18. The predicted molar refractivity (Wildman–Crippen MR) is 123 cm³/mol. The summed E-state index contributed by atoms with van der Waals surface area (Å²) in [6.07, 6.45) is 0.0303. The van der Waals surface area contributed by atoms with Crippen molar-refractivity contribution in [3.63, 3.8) is 0 Å². The van der Waals surface area contributed by atoms with Crippen LogP contribution in [0.3, 0.4) is 0 Å². The fraction of sp³-hybridized carbons (Fsp3) is 0.318. The zero-order valence-corrected chi connectivity index (χ0v) is 19.4. The van der Waals surface area contributed by atoms with Gasteiger partial charge in [0.1, 0.15) is 11.5 Å². The number of hydrogen-bond acceptors (Lipinski definition) is 5. The van der Waals surface area contributed by atoms with Crippen molar-refractivity contribution < 1.29 is 23.9 Å². The molecule has 10 heteroatoms. The van der Waals surface area contributed by atoms with E-state index in [1.807, 2.05) is 0 Å². The summed E-state index contributed by atoms with van der Waals surface area (Å²) in [6.45, 7) is -0.0257. The second kappa shape index (κ2) is 10.1. The quantitative estimate of drug-likeness (QED) is 0.656. The van der Waals surface area contributed by atoms with Crippen LogP contribution in [0.4, 0.5) is 11.4 Å². The largest absolute Gasteiger partial charge is 0.495 e. The SMILES string of the molecule is COc1ccc(Cl)cc1NC(=O)CN(C)C(=O)C1CC(=O)N(c2cc(Cl)ccc2OC)C1. The lowest BCUT2D eigenvalue weighted by Crippen LogP contribution is -2.39. The number of carbonyl (C=O) groups excluding carboxylic acids is 3. The van der Waals surface area contributed by atoms with Gasteiger partial charge in [-0.2, -0.15) is 0 Å². The average Bonchev–Trinajstić information content (AvgIpc) is 3.14. The number of methoxy groups -OCH3 is 2. The molecule has 1 saturated heterocycles. The van der Waals surface area contributed by atoms with E-state index in [2.05, 4.69) is 5.32 Å². The number of ether oxygens (including phenoxy) is 2. The molecule has 3 rings (SSSR count). The minimum absolute atomic E-state index is 0.0303. The number of amides is 3. The molecule has 0 aliphatic carbocycles. The van der Waals surface area contributed by atoms with E-state index in [1.54, 1.807) is 36.4 Å². The first-order valence-corrected chi connectivity index (χ1v) is 10.5. The highest BCUT2D eigenvalue weighted by molar-refractivity contribution is 6.31. The molecule has 0 aromatic heterocycles. The zero-order chi connectivity index (χ0) is 23.4. The molecule has 0 radical (unpaired) electrons. The van der Waals surface area contributed by atoms with Crippen LogP contribution < -0.4 is 19.7 Å². The molecule has 3 amide bonds. The molecule has 170 valence electrons. The van der Waals surface area contributed by atoms with Gasteiger partial charge in [0.05, 0.1) is 38.1 Å². The first-order valence-electron chi connectivity index (χ1n) is 9.75. The third-order valence-electron chi connectivity index (χ3n) is 5.10. The summed E-state index contributed by atoms with van der Waals surface area (Å²) in [5, 5.41) is 3.58. The van der Waals surface area contributed by atoms with Crippen LogP contribution in [0.2, 0.25) is 10.0 Å². The summed E-state index contributed by atoms with van der Waals surface area (Å²) in [5.74, 6) is -0.604. The summed E-state index contributed by atoms with van der Waals surface area (Å²) < 4.78 is 10.5. The molecule has 1 unspecified atom stereocenters. The van der Waals surface area contributed by atoms with Gasteiger partial charge >= 0.3 is 0 Å². The Balaban J connectivity index is 1.65. The van der Waals surface area contributed by atoms with Crippen LogP contribution in [0.25, 0.3) is 0 Å². The van der Waals surface area contributed by atoms with E-state index in [1.165, 1.54) is 31.1 Å². The van der Waals surface area contributed by atoms with Crippen molar-refractivity contribution in [1.82, 2.24) is 4.90 Å². The number of benzene rings is 2. The van der Waals surface area contributed by atoms with Crippen molar-refractivity contribution in [3.05, 3.63) is 46.4 Å². The molecule has 1 heterocycles. The molecule has 2 aromatic carbocycles. The fourth-order valence-electron chi connectivity index (χ4n) is 3.55. The van der Waals surface area contributed by atoms with Crippen molar-refractivity contribution in [1.29, 1.82) is 0 Å². The van der Waals surface area contributed by atoms with Gasteiger partial charge in [-0.25, -0.2) is 0 Å². The second-order valence-electron chi connectivity index (χ2n) is 7.31. The summed E-state index contributed by atoms with van der Waals surface area (Å²) >= 11 is 12.1. The number of anilines is 2. The van der Waals surface area contributed by atoms with Gasteiger partial charge in [-0.1, -0.05) is 23.2 Å². The van der Waals surface area contributed by atoms with Crippen molar-refractivity contribution in [2.75, 3.05) is 44.6 Å².